The number of hydrogen-bond acceptors (Lipinski definition) is 5. The maximum atomic E-state index is 12.4. The average molecular weight is 324 g/mol. The summed E-state index contributed by atoms with van der Waals surface area (Å²) in [5, 5.41) is 14.1. The number of carbonyl (C=O) groups excluding carboxylic acids is 1. The molecule has 3 rings (SSSR count). The lowest BCUT2D eigenvalue weighted by atomic mass is 10.1. The third kappa shape index (κ3) is 2.63. The van der Waals surface area contributed by atoms with E-state index in [0.29, 0.717) is 16.5 Å². The smallest absolute Gasteiger partial charge is 0.360 e. The van der Waals surface area contributed by atoms with Crippen molar-refractivity contribution in [3.63, 3.8) is 0 Å². The highest BCUT2D eigenvalue weighted by Crippen LogP contribution is 2.24. The van der Waals surface area contributed by atoms with Gasteiger partial charge in [-0.05, 0) is 24.6 Å². The lowest BCUT2D eigenvalue weighted by Gasteiger charge is -2.09. The molecule has 0 aliphatic heterocycles. The number of nitro benzene ring substituents is 1. The molecular formula is C17H12N2O5. The summed E-state index contributed by atoms with van der Waals surface area (Å²) < 4.78 is 5.18. The van der Waals surface area contributed by atoms with Crippen LogP contribution in [0.5, 0.6) is 0 Å². The van der Waals surface area contributed by atoms with Gasteiger partial charge < -0.3 is 9.73 Å². The minimum Gasteiger partial charge on any atom is -0.421 e. The summed E-state index contributed by atoms with van der Waals surface area (Å²) in [6.07, 6.45) is 0. The van der Waals surface area contributed by atoms with E-state index >= 15 is 0 Å². The van der Waals surface area contributed by atoms with Gasteiger partial charge in [0.1, 0.15) is 16.8 Å². The van der Waals surface area contributed by atoms with Crippen LogP contribution in [0.1, 0.15) is 15.9 Å². The Labute approximate surface area is 135 Å². The Morgan fingerprint density at radius 2 is 1.79 bits per heavy atom. The van der Waals surface area contributed by atoms with Crippen LogP contribution in [0.3, 0.4) is 0 Å². The molecule has 7 nitrogen and oxygen atoms in total. The summed E-state index contributed by atoms with van der Waals surface area (Å²) in [4.78, 5) is 34.9. The molecule has 0 radical (unpaired) electrons. The summed E-state index contributed by atoms with van der Waals surface area (Å²) in [6, 6.07) is 12.4. The lowest BCUT2D eigenvalue weighted by molar-refractivity contribution is -0.385. The van der Waals surface area contributed by atoms with Gasteiger partial charge in [0.25, 0.3) is 11.6 Å². The monoisotopic (exact) mass is 324 g/mol. The number of rotatable bonds is 3. The van der Waals surface area contributed by atoms with E-state index in [0.717, 1.165) is 0 Å². The molecule has 0 aliphatic carbocycles. The maximum Gasteiger partial charge on any atom is 0.360 e. The van der Waals surface area contributed by atoms with Crippen LogP contribution < -0.4 is 10.9 Å². The number of amides is 1. The van der Waals surface area contributed by atoms with Crippen LogP contribution in [0, 0.1) is 17.0 Å². The van der Waals surface area contributed by atoms with Gasteiger partial charge in [0, 0.05) is 11.5 Å². The molecule has 120 valence electrons. The number of para-hydroxylation sites is 2. The van der Waals surface area contributed by atoms with Crippen molar-refractivity contribution < 1.29 is 14.1 Å². The molecule has 0 bridgehead atoms. The topological polar surface area (TPSA) is 102 Å². The molecule has 24 heavy (non-hydrogen) atoms. The molecule has 1 aromatic heterocycles. The van der Waals surface area contributed by atoms with Gasteiger partial charge in [0.15, 0.2) is 0 Å². The molecule has 0 unspecified atom stereocenters. The second kappa shape index (κ2) is 5.96. The van der Waals surface area contributed by atoms with Gasteiger partial charge in [-0.3, -0.25) is 14.9 Å². The third-order valence-electron chi connectivity index (χ3n) is 3.66. The molecule has 0 saturated carbocycles. The Kier molecular flexibility index (Phi) is 3.83. The first-order valence-electron chi connectivity index (χ1n) is 7.06. The highest BCUT2D eigenvalue weighted by Gasteiger charge is 2.21. The second-order valence-corrected chi connectivity index (χ2v) is 5.11. The van der Waals surface area contributed by atoms with Crippen LogP contribution in [0.2, 0.25) is 0 Å². The van der Waals surface area contributed by atoms with E-state index in [2.05, 4.69) is 5.32 Å². The molecule has 0 aliphatic rings. The number of carbonyl (C=O) groups is 1. The highest BCUT2D eigenvalue weighted by atomic mass is 16.6. The van der Waals surface area contributed by atoms with Crippen LogP contribution >= 0.6 is 0 Å². The Bertz CT molecular complexity index is 1020. The zero-order valence-corrected chi connectivity index (χ0v) is 12.6. The van der Waals surface area contributed by atoms with Crippen molar-refractivity contribution in [2.24, 2.45) is 0 Å². The number of anilines is 1. The molecule has 0 atom stereocenters. The highest BCUT2D eigenvalue weighted by molar-refractivity contribution is 6.08. The van der Waals surface area contributed by atoms with E-state index in [1.807, 2.05) is 0 Å². The summed E-state index contributed by atoms with van der Waals surface area (Å²) in [5.41, 5.74) is -0.264. The molecule has 7 heteroatoms. The summed E-state index contributed by atoms with van der Waals surface area (Å²) in [6.45, 7) is 1.67. The Morgan fingerprint density at radius 3 is 2.54 bits per heavy atom. The first-order chi connectivity index (χ1) is 11.5. The number of aryl methyl sites for hydroxylation is 1. The number of nitrogens with one attached hydrogen (secondary N) is 1. The molecule has 0 saturated heterocycles. The lowest BCUT2D eigenvalue weighted by Crippen LogP contribution is -2.20. The van der Waals surface area contributed by atoms with Crippen LogP contribution in [-0.4, -0.2) is 10.8 Å². The first kappa shape index (κ1) is 15.4. The minimum atomic E-state index is -0.743. The van der Waals surface area contributed by atoms with Gasteiger partial charge in [0.2, 0.25) is 0 Å². The molecule has 1 N–H and O–H groups in total. The summed E-state index contributed by atoms with van der Waals surface area (Å²) in [7, 11) is 0. The average Bonchev–Trinajstić information content (AvgIpc) is 2.58. The number of fused-ring (bicyclic) bond motifs is 1. The summed E-state index contributed by atoms with van der Waals surface area (Å²) in [5.74, 6) is -0.743. The fraction of sp³-hybridized carbons (Fsp3) is 0.0588. The van der Waals surface area contributed by atoms with E-state index in [4.69, 9.17) is 4.42 Å². The standard InChI is InChI=1S/C17H12N2O5/c1-10-11-6-3-5-9-14(11)24-17(21)15(10)18-16(20)12-7-2-4-8-13(12)19(22)23/h2-9H,1H3,(H,18,20). The normalized spacial score (nSPS) is 10.5. The van der Waals surface area contributed by atoms with Crippen molar-refractivity contribution in [1.82, 2.24) is 0 Å². The van der Waals surface area contributed by atoms with Crippen LogP contribution in [0.25, 0.3) is 11.0 Å². The van der Waals surface area contributed by atoms with E-state index in [-0.39, 0.29) is 16.9 Å². The van der Waals surface area contributed by atoms with Crippen molar-refractivity contribution in [2.75, 3.05) is 5.32 Å². The molecule has 1 amide bonds. The Hall–Kier alpha value is -3.48. The molecule has 0 fully saturated rings. The number of benzene rings is 2. The van der Waals surface area contributed by atoms with Crippen molar-refractivity contribution in [3.05, 3.63) is 80.2 Å². The number of nitrogens with zero attached hydrogens (tertiary/aromatic N) is 1. The van der Waals surface area contributed by atoms with Crippen molar-refractivity contribution in [3.8, 4) is 0 Å². The van der Waals surface area contributed by atoms with Gasteiger partial charge in [0.05, 0.1) is 4.92 Å². The van der Waals surface area contributed by atoms with E-state index in [1.54, 1.807) is 31.2 Å². The van der Waals surface area contributed by atoms with Crippen LogP contribution in [0.15, 0.2) is 57.7 Å². The quantitative estimate of drug-likeness (QED) is 0.452. The van der Waals surface area contributed by atoms with Crippen LogP contribution in [-0.2, 0) is 0 Å². The van der Waals surface area contributed by atoms with E-state index in [1.165, 1.54) is 24.3 Å². The SMILES string of the molecule is Cc1c(NC(=O)c2ccccc2[N+](=O)[O-])c(=O)oc2ccccc12. The Balaban J connectivity index is 2.06. The van der Waals surface area contributed by atoms with Crippen molar-refractivity contribution in [1.29, 1.82) is 0 Å². The Morgan fingerprint density at radius 1 is 1.12 bits per heavy atom. The fourth-order valence-corrected chi connectivity index (χ4v) is 2.45. The van der Waals surface area contributed by atoms with Gasteiger partial charge in [-0.15, -0.1) is 0 Å². The number of nitro groups is 1. The van der Waals surface area contributed by atoms with Crippen molar-refractivity contribution in [2.45, 2.75) is 6.92 Å². The molecule has 2 aromatic carbocycles. The molecule has 1 heterocycles. The molecule has 3 aromatic rings. The maximum absolute atomic E-state index is 12.4. The third-order valence-corrected chi connectivity index (χ3v) is 3.66. The van der Waals surface area contributed by atoms with Gasteiger partial charge in [-0.1, -0.05) is 30.3 Å². The predicted octanol–water partition coefficient (Wildman–Crippen LogP) is 3.26. The van der Waals surface area contributed by atoms with E-state index < -0.39 is 16.5 Å². The van der Waals surface area contributed by atoms with Gasteiger partial charge in [-0.2, -0.15) is 0 Å². The first-order valence-corrected chi connectivity index (χ1v) is 7.06. The zero-order valence-electron chi connectivity index (χ0n) is 12.6. The molecular weight excluding hydrogens is 312 g/mol. The minimum absolute atomic E-state index is 0.0307. The molecule has 0 spiro atoms. The largest absolute Gasteiger partial charge is 0.421 e. The predicted molar refractivity (Wildman–Crippen MR) is 88.3 cm³/mol. The number of hydrogen-bond donors (Lipinski definition) is 1. The fourth-order valence-electron chi connectivity index (χ4n) is 2.45. The van der Waals surface area contributed by atoms with Crippen molar-refractivity contribution >= 4 is 28.3 Å². The zero-order chi connectivity index (χ0) is 17.3. The van der Waals surface area contributed by atoms with Gasteiger partial charge >= 0.3 is 5.63 Å². The second-order valence-electron chi connectivity index (χ2n) is 5.11. The summed E-state index contributed by atoms with van der Waals surface area (Å²) >= 11 is 0. The van der Waals surface area contributed by atoms with Crippen LogP contribution in [0.4, 0.5) is 11.4 Å². The van der Waals surface area contributed by atoms with E-state index in [9.17, 15) is 19.7 Å². The van der Waals surface area contributed by atoms with Gasteiger partial charge in [-0.25, -0.2) is 4.79 Å².